The first-order valence-corrected chi connectivity index (χ1v) is 15.4. The Bertz CT molecular complexity index is 564. The first-order valence-electron chi connectivity index (χ1n) is 13.8. The van der Waals surface area contributed by atoms with Crippen LogP contribution in [0.1, 0.15) is 136 Å². The van der Waals surface area contributed by atoms with E-state index >= 15 is 0 Å². The number of ether oxygens (including phenoxy) is 2. The molecule has 0 aromatic heterocycles. The zero-order valence-electron chi connectivity index (χ0n) is 22.2. The SMILES string of the molecule is CCCCCCCCCCCCCCCC(=O)OC(COC(=O)CCCCCC)COP(=O)(O)O. The van der Waals surface area contributed by atoms with Gasteiger partial charge in [-0.25, -0.2) is 4.57 Å². The number of phosphoric acid groups is 1. The van der Waals surface area contributed by atoms with Crippen LogP contribution in [0, 0.1) is 0 Å². The number of hydrogen-bond donors (Lipinski definition) is 2. The van der Waals surface area contributed by atoms with E-state index < -0.39 is 32.5 Å². The highest BCUT2D eigenvalue weighted by Gasteiger charge is 2.22. The van der Waals surface area contributed by atoms with Gasteiger partial charge in [0.1, 0.15) is 6.61 Å². The van der Waals surface area contributed by atoms with E-state index in [1.807, 2.05) is 0 Å². The summed E-state index contributed by atoms with van der Waals surface area (Å²) in [7, 11) is -4.72. The summed E-state index contributed by atoms with van der Waals surface area (Å²) in [5.41, 5.74) is 0. The Hall–Kier alpha value is -0.950. The van der Waals surface area contributed by atoms with Crippen molar-refractivity contribution in [1.82, 2.24) is 0 Å². The Labute approximate surface area is 213 Å². The van der Waals surface area contributed by atoms with Crippen LogP contribution in [-0.2, 0) is 28.2 Å². The van der Waals surface area contributed by atoms with E-state index in [-0.39, 0.29) is 19.4 Å². The van der Waals surface area contributed by atoms with Gasteiger partial charge < -0.3 is 19.3 Å². The van der Waals surface area contributed by atoms with Crippen molar-refractivity contribution < 1.29 is 37.9 Å². The molecule has 0 spiro atoms. The van der Waals surface area contributed by atoms with Gasteiger partial charge >= 0.3 is 19.8 Å². The van der Waals surface area contributed by atoms with Crippen molar-refractivity contribution in [1.29, 1.82) is 0 Å². The van der Waals surface area contributed by atoms with Gasteiger partial charge in [-0.3, -0.25) is 14.1 Å². The van der Waals surface area contributed by atoms with E-state index in [1.54, 1.807) is 0 Å². The minimum atomic E-state index is -4.72. The molecule has 0 saturated heterocycles. The Morgan fingerprint density at radius 3 is 1.49 bits per heavy atom. The Kier molecular flexibility index (Phi) is 22.8. The second kappa shape index (κ2) is 23.4. The topological polar surface area (TPSA) is 119 Å². The normalized spacial score (nSPS) is 12.5. The monoisotopic (exact) mass is 522 g/mol. The van der Waals surface area contributed by atoms with E-state index in [0.29, 0.717) is 6.42 Å². The van der Waals surface area contributed by atoms with Gasteiger partial charge in [0.25, 0.3) is 0 Å². The molecule has 35 heavy (non-hydrogen) atoms. The minimum Gasteiger partial charge on any atom is -0.462 e. The number of esters is 2. The molecule has 0 fully saturated rings. The average molecular weight is 523 g/mol. The van der Waals surface area contributed by atoms with Crippen LogP contribution in [0.5, 0.6) is 0 Å². The van der Waals surface area contributed by atoms with Gasteiger partial charge in [-0.2, -0.15) is 0 Å². The van der Waals surface area contributed by atoms with Gasteiger partial charge in [-0.15, -0.1) is 0 Å². The number of rotatable bonds is 25. The van der Waals surface area contributed by atoms with Crippen LogP contribution in [0.2, 0.25) is 0 Å². The van der Waals surface area contributed by atoms with E-state index in [0.717, 1.165) is 44.9 Å². The summed E-state index contributed by atoms with van der Waals surface area (Å²) in [6, 6.07) is 0. The second-order valence-corrected chi connectivity index (χ2v) is 10.6. The maximum absolute atomic E-state index is 12.2. The van der Waals surface area contributed by atoms with Crippen molar-refractivity contribution in [2.45, 2.75) is 142 Å². The molecule has 2 N–H and O–H groups in total. The summed E-state index contributed by atoms with van der Waals surface area (Å²) in [6.07, 6.45) is 18.9. The van der Waals surface area contributed by atoms with Gasteiger partial charge in [-0.1, -0.05) is 110 Å². The molecule has 0 bridgehead atoms. The molecule has 0 saturated carbocycles. The molecule has 1 atom stereocenters. The lowest BCUT2D eigenvalue weighted by atomic mass is 10.0. The zero-order valence-corrected chi connectivity index (χ0v) is 23.1. The quantitative estimate of drug-likeness (QED) is 0.0747. The van der Waals surface area contributed by atoms with Crippen molar-refractivity contribution in [2.24, 2.45) is 0 Å². The number of phosphoric ester groups is 1. The van der Waals surface area contributed by atoms with Crippen LogP contribution in [0.15, 0.2) is 0 Å². The van der Waals surface area contributed by atoms with Gasteiger partial charge in [0.2, 0.25) is 0 Å². The van der Waals surface area contributed by atoms with E-state index in [2.05, 4.69) is 18.4 Å². The summed E-state index contributed by atoms with van der Waals surface area (Å²) in [5.74, 6) is -0.902. The molecule has 208 valence electrons. The van der Waals surface area contributed by atoms with Crippen LogP contribution < -0.4 is 0 Å². The molecule has 0 aliphatic carbocycles. The van der Waals surface area contributed by atoms with Gasteiger partial charge in [0.15, 0.2) is 6.10 Å². The van der Waals surface area contributed by atoms with Crippen molar-refractivity contribution in [3.8, 4) is 0 Å². The molecular formula is C26H51O8P. The maximum atomic E-state index is 12.2. The number of carbonyl (C=O) groups is 2. The van der Waals surface area contributed by atoms with Crippen molar-refractivity contribution >= 4 is 19.8 Å². The molecular weight excluding hydrogens is 471 g/mol. The van der Waals surface area contributed by atoms with E-state index in [1.165, 1.54) is 57.8 Å². The smallest absolute Gasteiger partial charge is 0.462 e. The van der Waals surface area contributed by atoms with Crippen LogP contribution in [-0.4, -0.2) is 41.0 Å². The molecule has 0 amide bonds. The van der Waals surface area contributed by atoms with E-state index in [4.69, 9.17) is 19.3 Å². The molecule has 1 unspecified atom stereocenters. The fraction of sp³-hybridized carbons (Fsp3) is 0.923. The van der Waals surface area contributed by atoms with Gasteiger partial charge in [0, 0.05) is 12.8 Å². The fourth-order valence-corrected chi connectivity index (χ4v) is 4.14. The summed E-state index contributed by atoms with van der Waals surface area (Å²) in [5, 5.41) is 0. The highest BCUT2D eigenvalue weighted by Crippen LogP contribution is 2.35. The van der Waals surface area contributed by atoms with Crippen molar-refractivity contribution in [2.75, 3.05) is 13.2 Å². The van der Waals surface area contributed by atoms with Crippen LogP contribution in [0.25, 0.3) is 0 Å². The van der Waals surface area contributed by atoms with Crippen LogP contribution in [0.4, 0.5) is 0 Å². The Morgan fingerprint density at radius 1 is 0.629 bits per heavy atom. The first kappa shape index (κ1) is 34.0. The van der Waals surface area contributed by atoms with Crippen molar-refractivity contribution in [3.05, 3.63) is 0 Å². The molecule has 0 rings (SSSR count). The summed E-state index contributed by atoms with van der Waals surface area (Å²) >= 11 is 0. The average Bonchev–Trinajstić information content (AvgIpc) is 2.81. The molecule has 0 aromatic rings. The number of unbranched alkanes of at least 4 members (excludes halogenated alkanes) is 15. The van der Waals surface area contributed by atoms with Crippen molar-refractivity contribution in [3.63, 3.8) is 0 Å². The molecule has 8 nitrogen and oxygen atoms in total. The number of carbonyl (C=O) groups excluding carboxylic acids is 2. The third-order valence-corrected chi connectivity index (χ3v) is 6.36. The molecule has 0 aliphatic heterocycles. The highest BCUT2D eigenvalue weighted by molar-refractivity contribution is 7.46. The molecule has 0 radical (unpaired) electrons. The third kappa shape index (κ3) is 25.9. The molecule has 0 aromatic carbocycles. The molecule has 0 aliphatic rings. The first-order chi connectivity index (χ1) is 16.8. The lowest BCUT2D eigenvalue weighted by Gasteiger charge is -2.18. The summed E-state index contributed by atoms with van der Waals surface area (Å²) in [6.45, 7) is 3.51. The lowest BCUT2D eigenvalue weighted by molar-refractivity contribution is -0.161. The predicted octanol–water partition coefficient (Wildman–Crippen LogP) is 7.00. The zero-order chi connectivity index (χ0) is 26.2. The molecule has 9 heteroatoms. The summed E-state index contributed by atoms with van der Waals surface area (Å²) < 4.78 is 25.8. The summed E-state index contributed by atoms with van der Waals surface area (Å²) in [4.78, 5) is 41.8. The maximum Gasteiger partial charge on any atom is 0.469 e. The van der Waals surface area contributed by atoms with Crippen LogP contribution in [0.3, 0.4) is 0 Å². The van der Waals surface area contributed by atoms with Crippen LogP contribution >= 0.6 is 7.82 Å². The van der Waals surface area contributed by atoms with Gasteiger partial charge in [-0.05, 0) is 12.8 Å². The highest BCUT2D eigenvalue weighted by atomic mass is 31.2. The number of hydrogen-bond acceptors (Lipinski definition) is 6. The minimum absolute atomic E-state index is 0.217. The van der Waals surface area contributed by atoms with Gasteiger partial charge in [0.05, 0.1) is 6.61 Å². The largest absolute Gasteiger partial charge is 0.469 e. The lowest BCUT2D eigenvalue weighted by Crippen LogP contribution is -2.29. The Morgan fingerprint density at radius 2 is 1.03 bits per heavy atom. The predicted molar refractivity (Wildman–Crippen MR) is 138 cm³/mol. The Balaban J connectivity index is 3.98. The second-order valence-electron chi connectivity index (χ2n) is 9.38. The third-order valence-electron chi connectivity index (χ3n) is 5.88. The fourth-order valence-electron chi connectivity index (χ4n) is 3.78. The standard InChI is InChI=1S/C26H51O8P/c1-3-5-7-9-10-11-12-13-14-15-16-17-19-21-26(28)34-24(23-33-35(29,30)31)22-32-25(27)20-18-8-6-4-2/h24H,3-23H2,1-2H3,(H2,29,30,31). The molecule has 0 heterocycles. The van der Waals surface area contributed by atoms with E-state index in [9.17, 15) is 14.2 Å².